The fourth-order valence-electron chi connectivity index (χ4n) is 2.65. The van der Waals surface area contributed by atoms with Crippen molar-refractivity contribution in [2.24, 2.45) is 0 Å². The average molecular weight is 245 g/mol. The lowest BCUT2D eigenvalue weighted by Crippen LogP contribution is -2.07. The maximum absolute atomic E-state index is 10.9. The molecular weight excluding hydrogens is 226 g/mol. The summed E-state index contributed by atoms with van der Waals surface area (Å²) in [6, 6.07) is 4.23. The molecule has 96 valence electrons. The molecule has 0 atom stereocenters. The van der Waals surface area contributed by atoms with Crippen LogP contribution in [-0.4, -0.2) is 15.6 Å². The van der Waals surface area contributed by atoms with E-state index in [2.05, 4.69) is 26.0 Å². The summed E-state index contributed by atoms with van der Waals surface area (Å²) in [7, 11) is 0. The number of aliphatic carboxylic acids is 1. The van der Waals surface area contributed by atoms with Crippen LogP contribution < -0.4 is 0 Å². The van der Waals surface area contributed by atoms with Crippen molar-refractivity contribution in [3.63, 3.8) is 0 Å². The molecule has 0 amide bonds. The van der Waals surface area contributed by atoms with E-state index >= 15 is 0 Å². The number of nitrogens with zero attached hydrogens (tertiary/aromatic N) is 1. The molecule has 3 nitrogen and oxygen atoms in total. The van der Waals surface area contributed by atoms with Gasteiger partial charge in [-0.05, 0) is 43.0 Å². The van der Waals surface area contributed by atoms with Gasteiger partial charge in [0.05, 0.1) is 0 Å². The van der Waals surface area contributed by atoms with Gasteiger partial charge in [0.15, 0.2) is 0 Å². The highest BCUT2D eigenvalue weighted by molar-refractivity contribution is 5.88. The predicted octanol–water partition coefficient (Wildman–Crippen LogP) is 3.30. The van der Waals surface area contributed by atoms with Crippen LogP contribution in [0.1, 0.15) is 30.0 Å². The van der Waals surface area contributed by atoms with Crippen molar-refractivity contribution in [3.8, 4) is 0 Å². The predicted molar refractivity (Wildman–Crippen MR) is 73.0 cm³/mol. The zero-order valence-electron chi connectivity index (χ0n) is 11.2. The van der Waals surface area contributed by atoms with Crippen molar-refractivity contribution in [2.75, 3.05) is 0 Å². The smallest absolute Gasteiger partial charge is 0.323 e. The van der Waals surface area contributed by atoms with Gasteiger partial charge in [0.1, 0.15) is 6.54 Å². The molecule has 0 bridgehead atoms. The lowest BCUT2D eigenvalue weighted by Gasteiger charge is -2.05. The summed E-state index contributed by atoms with van der Waals surface area (Å²) in [5.74, 6) is -0.797. The van der Waals surface area contributed by atoms with Crippen LogP contribution in [0.4, 0.5) is 0 Å². The SMILES string of the molecule is CCCc1cn(CC(=O)O)c2cc(C)cc(C)c12. The van der Waals surface area contributed by atoms with E-state index in [4.69, 9.17) is 5.11 Å². The van der Waals surface area contributed by atoms with Crippen molar-refractivity contribution in [2.45, 2.75) is 40.2 Å². The Hall–Kier alpha value is -1.77. The second kappa shape index (κ2) is 4.84. The Morgan fingerprint density at radius 3 is 2.67 bits per heavy atom. The third-order valence-corrected chi connectivity index (χ3v) is 3.23. The van der Waals surface area contributed by atoms with Gasteiger partial charge in [0.2, 0.25) is 0 Å². The molecule has 1 N–H and O–H groups in total. The van der Waals surface area contributed by atoms with Crippen molar-refractivity contribution >= 4 is 16.9 Å². The minimum Gasteiger partial charge on any atom is -0.480 e. The summed E-state index contributed by atoms with van der Waals surface area (Å²) in [6.45, 7) is 6.32. The van der Waals surface area contributed by atoms with Crippen molar-refractivity contribution in [1.82, 2.24) is 4.57 Å². The van der Waals surface area contributed by atoms with Gasteiger partial charge >= 0.3 is 5.97 Å². The van der Waals surface area contributed by atoms with E-state index in [1.54, 1.807) is 0 Å². The van der Waals surface area contributed by atoms with Gasteiger partial charge in [0, 0.05) is 17.1 Å². The summed E-state index contributed by atoms with van der Waals surface area (Å²) in [6.07, 6.45) is 4.06. The van der Waals surface area contributed by atoms with Gasteiger partial charge in [0.25, 0.3) is 0 Å². The van der Waals surface area contributed by atoms with E-state index in [0.29, 0.717) is 0 Å². The lowest BCUT2D eigenvalue weighted by molar-refractivity contribution is -0.137. The van der Waals surface area contributed by atoms with Gasteiger partial charge in [-0.25, -0.2) is 0 Å². The van der Waals surface area contributed by atoms with Crippen molar-refractivity contribution in [1.29, 1.82) is 0 Å². The summed E-state index contributed by atoms with van der Waals surface area (Å²) < 4.78 is 1.85. The first kappa shape index (κ1) is 12.7. The number of aromatic nitrogens is 1. The van der Waals surface area contributed by atoms with Crippen molar-refractivity contribution in [3.05, 3.63) is 35.0 Å². The summed E-state index contributed by atoms with van der Waals surface area (Å²) in [5.41, 5.74) is 4.70. The maximum Gasteiger partial charge on any atom is 0.323 e. The molecule has 1 aromatic carbocycles. The fourth-order valence-corrected chi connectivity index (χ4v) is 2.65. The van der Waals surface area contributed by atoms with Gasteiger partial charge in [-0.15, -0.1) is 0 Å². The summed E-state index contributed by atoms with van der Waals surface area (Å²) >= 11 is 0. The summed E-state index contributed by atoms with van der Waals surface area (Å²) in [4.78, 5) is 10.9. The molecule has 2 rings (SSSR count). The Kier molecular flexibility index (Phi) is 3.41. The average Bonchev–Trinajstić information content (AvgIpc) is 2.56. The second-order valence-electron chi connectivity index (χ2n) is 4.90. The number of carboxylic acids is 1. The Bertz CT molecular complexity index is 596. The van der Waals surface area contributed by atoms with E-state index < -0.39 is 5.97 Å². The number of hydrogen-bond donors (Lipinski definition) is 1. The van der Waals surface area contributed by atoms with E-state index in [-0.39, 0.29) is 6.54 Å². The fraction of sp³-hybridized carbons (Fsp3) is 0.400. The number of carboxylic acid groups (broad SMARTS) is 1. The Labute approximate surface area is 107 Å². The first-order valence-electron chi connectivity index (χ1n) is 6.33. The van der Waals surface area contributed by atoms with Crippen LogP contribution in [-0.2, 0) is 17.8 Å². The van der Waals surface area contributed by atoms with Gasteiger partial charge in [-0.1, -0.05) is 19.4 Å². The van der Waals surface area contributed by atoms with Crippen LogP contribution in [0, 0.1) is 13.8 Å². The molecule has 0 saturated carbocycles. The number of fused-ring (bicyclic) bond motifs is 1. The third-order valence-electron chi connectivity index (χ3n) is 3.23. The van der Waals surface area contributed by atoms with Crippen LogP contribution in [0.5, 0.6) is 0 Å². The lowest BCUT2D eigenvalue weighted by atomic mass is 10.0. The zero-order chi connectivity index (χ0) is 13.3. The number of benzene rings is 1. The molecule has 18 heavy (non-hydrogen) atoms. The molecule has 0 aliphatic rings. The number of hydrogen-bond acceptors (Lipinski definition) is 1. The molecule has 0 saturated heterocycles. The molecule has 1 aromatic heterocycles. The number of carbonyl (C=O) groups is 1. The van der Waals surface area contributed by atoms with Crippen LogP contribution >= 0.6 is 0 Å². The van der Waals surface area contributed by atoms with E-state index in [9.17, 15) is 4.79 Å². The van der Waals surface area contributed by atoms with E-state index in [1.807, 2.05) is 17.7 Å². The van der Waals surface area contributed by atoms with Crippen molar-refractivity contribution < 1.29 is 9.90 Å². The monoisotopic (exact) mass is 245 g/mol. The highest BCUT2D eigenvalue weighted by Crippen LogP contribution is 2.27. The van der Waals surface area contributed by atoms with Gasteiger partial charge < -0.3 is 9.67 Å². The van der Waals surface area contributed by atoms with Crippen LogP contribution in [0.15, 0.2) is 18.3 Å². The van der Waals surface area contributed by atoms with Gasteiger partial charge in [-0.2, -0.15) is 0 Å². The summed E-state index contributed by atoms with van der Waals surface area (Å²) in [5, 5.41) is 10.2. The Morgan fingerprint density at radius 2 is 2.06 bits per heavy atom. The molecule has 0 aliphatic carbocycles. The molecule has 0 unspecified atom stereocenters. The molecule has 0 fully saturated rings. The topological polar surface area (TPSA) is 42.2 Å². The highest BCUT2D eigenvalue weighted by Gasteiger charge is 2.12. The van der Waals surface area contributed by atoms with Crippen LogP contribution in [0.25, 0.3) is 10.9 Å². The molecule has 1 heterocycles. The standard InChI is InChI=1S/C15H19NO2/c1-4-5-12-8-16(9-14(17)18)13-7-10(2)6-11(3)15(12)13/h6-8H,4-5,9H2,1-3H3,(H,17,18). The zero-order valence-corrected chi connectivity index (χ0v) is 11.2. The number of rotatable bonds is 4. The van der Waals surface area contributed by atoms with Crippen LogP contribution in [0.3, 0.4) is 0 Å². The van der Waals surface area contributed by atoms with Gasteiger partial charge in [-0.3, -0.25) is 4.79 Å². The Morgan fingerprint density at radius 1 is 1.33 bits per heavy atom. The second-order valence-corrected chi connectivity index (χ2v) is 4.90. The van der Waals surface area contributed by atoms with Crippen LogP contribution in [0.2, 0.25) is 0 Å². The minimum atomic E-state index is -0.797. The first-order chi connectivity index (χ1) is 8.52. The van der Waals surface area contributed by atoms with E-state index in [0.717, 1.165) is 18.4 Å². The first-order valence-corrected chi connectivity index (χ1v) is 6.33. The molecular formula is C15H19NO2. The molecule has 2 aromatic rings. The number of aryl methyl sites for hydroxylation is 3. The normalized spacial score (nSPS) is 11.1. The van der Waals surface area contributed by atoms with E-state index in [1.165, 1.54) is 22.1 Å². The maximum atomic E-state index is 10.9. The third kappa shape index (κ3) is 2.26. The molecule has 0 spiro atoms. The quantitative estimate of drug-likeness (QED) is 0.898. The largest absolute Gasteiger partial charge is 0.480 e. The highest BCUT2D eigenvalue weighted by atomic mass is 16.4. The Balaban J connectivity index is 2.67. The minimum absolute atomic E-state index is 0.0309. The molecule has 3 heteroatoms. The molecule has 0 radical (unpaired) electrons. The molecule has 0 aliphatic heterocycles.